The first-order valence-corrected chi connectivity index (χ1v) is 11.6. The molecule has 4 aromatic rings. The van der Waals surface area contributed by atoms with Crippen LogP contribution in [0.4, 0.5) is 0 Å². The lowest BCUT2D eigenvalue weighted by molar-refractivity contribution is 0.875. The third-order valence-electron chi connectivity index (χ3n) is 4.73. The molecule has 4 rings (SSSR count). The van der Waals surface area contributed by atoms with Crippen molar-refractivity contribution in [1.82, 2.24) is 24.7 Å². The lowest BCUT2D eigenvalue weighted by atomic mass is 10.1. The molecule has 0 unspecified atom stereocenters. The summed E-state index contributed by atoms with van der Waals surface area (Å²) in [5.41, 5.74) is 5.01. The van der Waals surface area contributed by atoms with Crippen LogP contribution in [0.15, 0.2) is 69.7 Å². The number of hydrogen-bond donors (Lipinski definition) is 1. The van der Waals surface area contributed by atoms with Crippen LogP contribution < -0.4 is 5.56 Å². The smallest absolute Gasteiger partial charge is 0.251 e. The van der Waals surface area contributed by atoms with Gasteiger partial charge in [0.1, 0.15) is 0 Å². The van der Waals surface area contributed by atoms with E-state index in [0.717, 1.165) is 22.2 Å². The number of thioether (sulfide) groups is 2. The van der Waals surface area contributed by atoms with Crippen LogP contribution in [-0.4, -0.2) is 31.0 Å². The standard InChI is InChI=1S/C22H21N5OS2/c1-14-9-10-18(11-15(14)2)27-20(16-7-5-4-6-8-16)25-26-22(27)30-13-17-12-19(28)24-21(23-17)29-3/h4-12H,13H2,1-3H3,(H,23,24,28). The fourth-order valence-electron chi connectivity index (χ4n) is 3.03. The molecule has 2 heterocycles. The van der Waals surface area contributed by atoms with E-state index >= 15 is 0 Å². The van der Waals surface area contributed by atoms with Gasteiger partial charge < -0.3 is 4.98 Å². The number of nitrogens with one attached hydrogen (secondary N) is 1. The van der Waals surface area contributed by atoms with Crippen LogP contribution in [-0.2, 0) is 5.75 Å². The molecule has 0 aliphatic carbocycles. The van der Waals surface area contributed by atoms with E-state index < -0.39 is 0 Å². The molecular formula is C22H21N5OS2. The molecule has 6 nitrogen and oxygen atoms in total. The first-order chi connectivity index (χ1) is 14.5. The molecule has 1 N–H and O–H groups in total. The highest BCUT2D eigenvalue weighted by atomic mass is 32.2. The molecule has 0 aliphatic heterocycles. The predicted octanol–water partition coefficient (Wildman–Crippen LogP) is 4.65. The van der Waals surface area contributed by atoms with Gasteiger partial charge in [0.2, 0.25) is 0 Å². The fraction of sp³-hybridized carbons (Fsp3) is 0.182. The Morgan fingerprint density at radius 1 is 1.00 bits per heavy atom. The molecular weight excluding hydrogens is 414 g/mol. The molecule has 0 fully saturated rings. The topological polar surface area (TPSA) is 76.5 Å². The van der Waals surface area contributed by atoms with Gasteiger partial charge in [-0.2, -0.15) is 0 Å². The zero-order valence-corrected chi connectivity index (χ0v) is 18.5. The normalized spacial score (nSPS) is 11.0. The zero-order valence-electron chi connectivity index (χ0n) is 16.9. The summed E-state index contributed by atoms with van der Waals surface area (Å²) in [6.07, 6.45) is 1.89. The van der Waals surface area contributed by atoms with Crippen LogP contribution in [0.2, 0.25) is 0 Å². The Balaban J connectivity index is 1.74. The van der Waals surface area contributed by atoms with Crippen molar-refractivity contribution in [3.05, 3.63) is 81.8 Å². The van der Waals surface area contributed by atoms with Crippen molar-refractivity contribution in [3.8, 4) is 17.1 Å². The van der Waals surface area contributed by atoms with E-state index in [-0.39, 0.29) is 5.56 Å². The summed E-state index contributed by atoms with van der Waals surface area (Å²) in [5, 5.41) is 10.3. The number of aromatic nitrogens is 5. The molecule has 0 amide bonds. The van der Waals surface area contributed by atoms with Crippen molar-refractivity contribution < 1.29 is 0 Å². The van der Waals surface area contributed by atoms with Crippen molar-refractivity contribution in [2.24, 2.45) is 0 Å². The molecule has 0 saturated heterocycles. The van der Waals surface area contributed by atoms with Crippen LogP contribution in [0.25, 0.3) is 17.1 Å². The molecule has 2 aromatic heterocycles. The minimum atomic E-state index is -0.148. The van der Waals surface area contributed by atoms with Crippen LogP contribution >= 0.6 is 23.5 Å². The Labute approximate surface area is 183 Å². The lowest BCUT2D eigenvalue weighted by Gasteiger charge is -2.12. The highest BCUT2D eigenvalue weighted by molar-refractivity contribution is 7.98. The van der Waals surface area contributed by atoms with Crippen molar-refractivity contribution in [2.75, 3.05) is 6.26 Å². The molecule has 0 bridgehead atoms. The van der Waals surface area contributed by atoms with Crippen LogP contribution in [0.1, 0.15) is 16.8 Å². The summed E-state index contributed by atoms with van der Waals surface area (Å²) in [4.78, 5) is 19.1. The quantitative estimate of drug-likeness (QED) is 0.351. The van der Waals surface area contributed by atoms with E-state index in [4.69, 9.17) is 0 Å². The summed E-state index contributed by atoms with van der Waals surface area (Å²) in [7, 11) is 0. The maximum Gasteiger partial charge on any atom is 0.251 e. The third-order valence-corrected chi connectivity index (χ3v) is 6.27. The molecule has 8 heteroatoms. The van der Waals surface area contributed by atoms with Crippen LogP contribution in [0, 0.1) is 13.8 Å². The third kappa shape index (κ3) is 4.34. The first kappa shape index (κ1) is 20.4. The number of rotatable bonds is 6. The van der Waals surface area contributed by atoms with E-state index in [0.29, 0.717) is 16.6 Å². The molecule has 0 radical (unpaired) electrons. The Kier molecular flexibility index (Phi) is 6.06. The summed E-state index contributed by atoms with van der Waals surface area (Å²) in [5.74, 6) is 1.31. The number of aryl methyl sites for hydroxylation is 2. The van der Waals surface area contributed by atoms with Gasteiger partial charge in [-0.15, -0.1) is 10.2 Å². The van der Waals surface area contributed by atoms with E-state index in [1.807, 2.05) is 36.6 Å². The van der Waals surface area contributed by atoms with Gasteiger partial charge in [-0.05, 0) is 43.4 Å². The van der Waals surface area contributed by atoms with E-state index in [1.54, 1.807) is 0 Å². The average Bonchev–Trinajstić information content (AvgIpc) is 3.18. The van der Waals surface area contributed by atoms with Crippen molar-refractivity contribution in [1.29, 1.82) is 0 Å². The van der Waals surface area contributed by atoms with E-state index in [1.165, 1.54) is 40.7 Å². The van der Waals surface area contributed by atoms with Crippen molar-refractivity contribution in [2.45, 2.75) is 29.9 Å². The van der Waals surface area contributed by atoms with E-state index in [9.17, 15) is 4.79 Å². The SMILES string of the molecule is CSc1nc(CSc2nnc(-c3ccccc3)n2-c2ccc(C)c(C)c2)cc(=O)[nH]1. The van der Waals surface area contributed by atoms with Crippen LogP contribution in [0.3, 0.4) is 0 Å². The molecule has 30 heavy (non-hydrogen) atoms. The van der Waals surface area contributed by atoms with Gasteiger partial charge in [0.05, 0.1) is 11.4 Å². The van der Waals surface area contributed by atoms with Gasteiger partial charge in [-0.1, -0.05) is 59.9 Å². The summed E-state index contributed by atoms with van der Waals surface area (Å²) < 4.78 is 2.06. The summed E-state index contributed by atoms with van der Waals surface area (Å²) in [6.45, 7) is 4.20. The highest BCUT2D eigenvalue weighted by Gasteiger charge is 2.17. The second kappa shape index (κ2) is 8.89. The lowest BCUT2D eigenvalue weighted by Crippen LogP contribution is -2.09. The largest absolute Gasteiger partial charge is 0.301 e. The Morgan fingerprint density at radius 3 is 2.53 bits per heavy atom. The summed E-state index contributed by atoms with van der Waals surface area (Å²) >= 11 is 2.93. The van der Waals surface area contributed by atoms with E-state index in [2.05, 4.69) is 56.8 Å². The summed E-state index contributed by atoms with van der Waals surface area (Å²) in [6, 6.07) is 17.9. The number of aromatic amines is 1. The molecule has 0 saturated carbocycles. The number of H-pyrrole nitrogens is 1. The van der Waals surface area contributed by atoms with Gasteiger partial charge in [0, 0.05) is 17.4 Å². The van der Waals surface area contributed by atoms with Gasteiger partial charge in [0.25, 0.3) is 5.56 Å². The zero-order chi connectivity index (χ0) is 21.1. The van der Waals surface area contributed by atoms with Gasteiger partial charge in [-0.25, -0.2) is 4.98 Å². The average molecular weight is 436 g/mol. The predicted molar refractivity (Wildman–Crippen MR) is 122 cm³/mol. The van der Waals surface area contributed by atoms with Crippen LogP contribution in [0.5, 0.6) is 0 Å². The minimum Gasteiger partial charge on any atom is -0.301 e. The molecule has 0 aliphatic rings. The highest BCUT2D eigenvalue weighted by Crippen LogP contribution is 2.30. The van der Waals surface area contributed by atoms with Gasteiger partial charge >= 0.3 is 0 Å². The fourth-order valence-corrected chi connectivity index (χ4v) is 4.28. The minimum absolute atomic E-state index is 0.148. The second-order valence-electron chi connectivity index (χ2n) is 6.81. The van der Waals surface area contributed by atoms with Gasteiger partial charge in [-0.3, -0.25) is 9.36 Å². The Bertz CT molecular complexity index is 1230. The van der Waals surface area contributed by atoms with Crippen molar-refractivity contribution in [3.63, 3.8) is 0 Å². The Hall–Kier alpha value is -2.84. The van der Waals surface area contributed by atoms with Gasteiger partial charge in [0.15, 0.2) is 16.1 Å². The maximum absolute atomic E-state index is 11.9. The second-order valence-corrected chi connectivity index (χ2v) is 8.55. The first-order valence-electron chi connectivity index (χ1n) is 9.40. The molecule has 0 atom stereocenters. The molecule has 2 aromatic carbocycles. The number of benzene rings is 2. The van der Waals surface area contributed by atoms with Crippen molar-refractivity contribution >= 4 is 23.5 Å². The molecule has 152 valence electrons. The number of nitrogens with zero attached hydrogens (tertiary/aromatic N) is 4. The maximum atomic E-state index is 11.9. The Morgan fingerprint density at radius 2 is 1.80 bits per heavy atom. The monoisotopic (exact) mass is 435 g/mol. The molecule has 0 spiro atoms. The number of hydrogen-bond acceptors (Lipinski definition) is 6.